The smallest absolute Gasteiger partial charge is 0.266 e. The molecule has 3 heterocycles. The number of pyridine rings is 1. The van der Waals surface area contributed by atoms with Gasteiger partial charge in [0.2, 0.25) is 0 Å². The molecule has 0 unspecified atom stereocenters. The van der Waals surface area contributed by atoms with Gasteiger partial charge in [-0.15, -0.1) is 16.4 Å². The first-order valence-corrected chi connectivity index (χ1v) is 9.42. The number of fused-ring (bicyclic) bond motifs is 3. The number of halogens is 1. The minimum absolute atomic E-state index is 0.159. The Hall–Kier alpha value is -2.12. The molecule has 126 valence electrons. The van der Waals surface area contributed by atoms with Gasteiger partial charge in [0.15, 0.2) is 0 Å². The van der Waals surface area contributed by atoms with E-state index in [-0.39, 0.29) is 5.56 Å². The van der Waals surface area contributed by atoms with E-state index < -0.39 is 0 Å². The van der Waals surface area contributed by atoms with E-state index in [1.807, 2.05) is 45.9 Å². The van der Waals surface area contributed by atoms with Crippen molar-refractivity contribution in [2.45, 2.75) is 27.7 Å². The van der Waals surface area contributed by atoms with Crippen molar-refractivity contribution >= 4 is 47.7 Å². The Morgan fingerprint density at radius 3 is 2.64 bits per heavy atom. The van der Waals surface area contributed by atoms with Gasteiger partial charge in [-0.25, -0.2) is 4.98 Å². The maximum Gasteiger partial charge on any atom is 0.292 e. The van der Waals surface area contributed by atoms with Gasteiger partial charge in [-0.3, -0.25) is 4.79 Å². The van der Waals surface area contributed by atoms with E-state index in [0.717, 1.165) is 42.8 Å². The van der Waals surface area contributed by atoms with Crippen LogP contribution in [0.2, 0.25) is 0 Å². The van der Waals surface area contributed by atoms with Gasteiger partial charge in [0.25, 0.3) is 5.56 Å². The number of nitrogens with zero attached hydrogens (tertiary/aromatic N) is 4. The van der Waals surface area contributed by atoms with Crippen LogP contribution in [-0.2, 0) is 0 Å². The monoisotopic (exact) mass is 414 g/mol. The Kier molecular flexibility index (Phi) is 3.73. The van der Waals surface area contributed by atoms with Crippen LogP contribution in [0.15, 0.2) is 27.5 Å². The fourth-order valence-electron chi connectivity index (χ4n) is 3.08. The van der Waals surface area contributed by atoms with Crippen LogP contribution in [0.3, 0.4) is 0 Å². The molecular weight excluding hydrogens is 400 g/mol. The fourth-order valence-corrected chi connectivity index (χ4v) is 4.51. The molecule has 7 heteroatoms. The average molecular weight is 415 g/mol. The Labute approximate surface area is 156 Å². The summed E-state index contributed by atoms with van der Waals surface area (Å²) in [5.74, 6) is 0. The van der Waals surface area contributed by atoms with Crippen molar-refractivity contribution in [3.05, 3.63) is 55.4 Å². The van der Waals surface area contributed by atoms with Crippen LogP contribution in [0, 0.1) is 27.7 Å². The van der Waals surface area contributed by atoms with Crippen LogP contribution < -0.4 is 5.56 Å². The maximum atomic E-state index is 13.0. The molecule has 0 aliphatic heterocycles. The summed E-state index contributed by atoms with van der Waals surface area (Å²) < 4.78 is 2.90. The van der Waals surface area contributed by atoms with Gasteiger partial charge in [-0.2, -0.15) is 4.68 Å². The first-order valence-electron chi connectivity index (χ1n) is 7.81. The maximum absolute atomic E-state index is 13.0. The van der Waals surface area contributed by atoms with Crippen LogP contribution in [0.5, 0.6) is 0 Å². The second-order valence-corrected chi connectivity index (χ2v) is 7.98. The number of aryl methyl sites for hydroxylation is 4. The molecule has 0 bridgehead atoms. The number of benzene rings is 1. The third-order valence-electron chi connectivity index (χ3n) is 4.36. The lowest BCUT2D eigenvalue weighted by Crippen LogP contribution is -2.22. The molecule has 3 aromatic heterocycles. The molecule has 4 rings (SSSR count). The first kappa shape index (κ1) is 16.4. The summed E-state index contributed by atoms with van der Waals surface area (Å²) in [4.78, 5) is 18.5. The molecule has 0 aliphatic rings. The number of hydrogen-bond donors (Lipinski definition) is 0. The summed E-state index contributed by atoms with van der Waals surface area (Å²) >= 11 is 4.94. The third-order valence-corrected chi connectivity index (χ3v) is 6.59. The summed E-state index contributed by atoms with van der Waals surface area (Å²) in [6.45, 7) is 7.94. The normalized spacial score (nSPS) is 11.6. The van der Waals surface area contributed by atoms with E-state index in [2.05, 4.69) is 31.2 Å². The zero-order chi connectivity index (χ0) is 17.9. The van der Waals surface area contributed by atoms with Gasteiger partial charge in [-0.1, -0.05) is 22.9 Å². The van der Waals surface area contributed by atoms with E-state index in [1.165, 1.54) is 16.0 Å². The highest BCUT2D eigenvalue weighted by molar-refractivity contribution is 9.10. The Bertz CT molecular complexity index is 1230. The summed E-state index contributed by atoms with van der Waals surface area (Å²) in [6.07, 6.45) is 0. The lowest BCUT2D eigenvalue weighted by atomic mass is 10.1. The molecule has 0 spiro atoms. The zero-order valence-corrected chi connectivity index (χ0v) is 16.6. The molecule has 0 radical (unpaired) electrons. The molecule has 0 saturated carbocycles. The van der Waals surface area contributed by atoms with Crippen molar-refractivity contribution in [2.24, 2.45) is 0 Å². The highest BCUT2D eigenvalue weighted by Gasteiger charge is 2.19. The predicted octanol–water partition coefficient (Wildman–Crippen LogP) is 4.39. The first-order chi connectivity index (χ1) is 11.9. The van der Waals surface area contributed by atoms with Crippen molar-refractivity contribution in [3.8, 4) is 5.69 Å². The molecule has 0 saturated heterocycles. The van der Waals surface area contributed by atoms with Crippen molar-refractivity contribution < 1.29 is 0 Å². The van der Waals surface area contributed by atoms with Crippen LogP contribution in [0.25, 0.3) is 26.1 Å². The molecule has 0 amide bonds. The van der Waals surface area contributed by atoms with Crippen LogP contribution in [-0.4, -0.2) is 20.0 Å². The van der Waals surface area contributed by atoms with Crippen LogP contribution in [0.1, 0.15) is 22.4 Å². The number of hydrogen-bond acceptors (Lipinski definition) is 5. The van der Waals surface area contributed by atoms with E-state index in [9.17, 15) is 4.79 Å². The average Bonchev–Trinajstić information content (AvgIpc) is 2.93. The SMILES string of the molecule is Cc1ccc(-n2nnc3c(sc4nc(C)c(Br)c(C)c43)c2=O)c(C)c1. The van der Waals surface area contributed by atoms with E-state index in [0.29, 0.717) is 10.2 Å². The summed E-state index contributed by atoms with van der Waals surface area (Å²) in [5, 5.41) is 9.46. The number of thiophene rings is 1. The molecule has 0 aliphatic carbocycles. The highest BCUT2D eigenvalue weighted by Crippen LogP contribution is 2.35. The molecule has 1 aromatic carbocycles. The molecule has 0 N–H and O–H groups in total. The Morgan fingerprint density at radius 2 is 1.92 bits per heavy atom. The van der Waals surface area contributed by atoms with E-state index >= 15 is 0 Å². The lowest BCUT2D eigenvalue weighted by molar-refractivity contribution is 0.736. The quantitative estimate of drug-likeness (QED) is 0.463. The van der Waals surface area contributed by atoms with Gasteiger partial charge < -0.3 is 0 Å². The summed E-state index contributed by atoms with van der Waals surface area (Å²) in [7, 11) is 0. The molecule has 4 aromatic rings. The van der Waals surface area contributed by atoms with Crippen LogP contribution in [0.4, 0.5) is 0 Å². The van der Waals surface area contributed by atoms with E-state index in [1.54, 1.807) is 0 Å². The van der Waals surface area contributed by atoms with Crippen LogP contribution >= 0.6 is 27.3 Å². The number of aromatic nitrogens is 4. The summed E-state index contributed by atoms with van der Waals surface area (Å²) in [6, 6.07) is 5.91. The van der Waals surface area contributed by atoms with Gasteiger partial charge >= 0.3 is 0 Å². The molecule has 25 heavy (non-hydrogen) atoms. The highest BCUT2D eigenvalue weighted by atomic mass is 79.9. The molecule has 0 atom stereocenters. The Morgan fingerprint density at radius 1 is 1.16 bits per heavy atom. The standard InChI is InChI=1S/C18H15BrN4OS/c1-8-5-6-12(9(2)7-8)23-18(24)16-15(21-22-23)13-10(3)14(19)11(4)20-17(13)25-16/h5-7H,1-4H3. The minimum atomic E-state index is -0.159. The third kappa shape index (κ3) is 2.41. The van der Waals surface area contributed by atoms with Gasteiger partial charge in [0.05, 0.1) is 11.4 Å². The van der Waals surface area contributed by atoms with Gasteiger partial charge in [0, 0.05) is 9.86 Å². The van der Waals surface area contributed by atoms with Crippen molar-refractivity contribution in [3.63, 3.8) is 0 Å². The molecule has 0 fully saturated rings. The molecule has 5 nitrogen and oxygen atoms in total. The second kappa shape index (κ2) is 5.71. The summed E-state index contributed by atoms with van der Waals surface area (Å²) in [5.41, 5.74) is 5.29. The van der Waals surface area contributed by atoms with Crippen molar-refractivity contribution in [1.29, 1.82) is 0 Å². The van der Waals surface area contributed by atoms with Gasteiger partial charge in [-0.05, 0) is 60.8 Å². The van der Waals surface area contributed by atoms with Crippen molar-refractivity contribution in [1.82, 2.24) is 20.0 Å². The lowest BCUT2D eigenvalue weighted by Gasteiger charge is -2.07. The van der Waals surface area contributed by atoms with Crippen molar-refractivity contribution in [2.75, 3.05) is 0 Å². The Balaban J connectivity index is 2.08. The largest absolute Gasteiger partial charge is 0.292 e. The minimum Gasteiger partial charge on any atom is -0.266 e. The number of rotatable bonds is 1. The predicted molar refractivity (Wildman–Crippen MR) is 105 cm³/mol. The topological polar surface area (TPSA) is 60.7 Å². The molecular formula is C18H15BrN4OS. The fraction of sp³-hybridized carbons (Fsp3) is 0.222. The van der Waals surface area contributed by atoms with Gasteiger partial charge in [0.1, 0.15) is 15.0 Å². The zero-order valence-electron chi connectivity index (χ0n) is 14.2. The second-order valence-electron chi connectivity index (χ2n) is 6.19. The van der Waals surface area contributed by atoms with E-state index in [4.69, 9.17) is 0 Å².